The summed E-state index contributed by atoms with van der Waals surface area (Å²) in [7, 11) is 0. The molecule has 1 aliphatic carbocycles. The lowest BCUT2D eigenvalue weighted by Crippen LogP contribution is -2.30. The number of carbonyl (C=O) groups is 2. The lowest BCUT2D eigenvalue weighted by molar-refractivity contribution is 0.0652. The van der Waals surface area contributed by atoms with Gasteiger partial charge in [0, 0.05) is 36.3 Å². The number of nitrogens with zero attached hydrogens (tertiary/aromatic N) is 5. The standard InChI is InChI=1S/C26H29N5O2S/c1-18-9-2-5-13-22(18)31-23(19-10-8-14-27-17-19)28-29-26(31)34-16-7-6-15-30-24(32)20-11-3-4-12-21(20)25(30)33/h3-4,8,10-12,14,17-18,22H,2,5-7,9,13,15-16H2,1H3. The van der Waals surface area contributed by atoms with Gasteiger partial charge in [-0.3, -0.25) is 24.0 Å². The molecular formula is C26H29N5O2S. The lowest BCUT2D eigenvalue weighted by Gasteiger charge is -2.31. The fourth-order valence-corrected chi connectivity index (χ4v) is 6.01. The average molecular weight is 476 g/mol. The van der Waals surface area contributed by atoms with Gasteiger partial charge in [0.05, 0.1) is 11.1 Å². The van der Waals surface area contributed by atoms with Crippen molar-refractivity contribution in [1.29, 1.82) is 0 Å². The van der Waals surface area contributed by atoms with Crippen LogP contribution in [0.1, 0.15) is 72.2 Å². The number of unbranched alkanes of at least 4 members (excludes halogenated alkanes) is 1. The van der Waals surface area contributed by atoms with E-state index < -0.39 is 0 Å². The SMILES string of the molecule is CC1CCCCC1n1c(SCCCCN2C(=O)c3ccccc3C2=O)nnc1-c1cccnc1. The Morgan fingerprint density at radius 2 is 1.74 bits per heavy atom. The predicted molar refractivity (Wildman–Crippen MR) is 132 cm³/mol. The molecule has 7 nitrogen and oxygen atoms in total. The molecule has 2 aromatic heterocycles. The Morgan fingerprint density at radius 3 is 2.44 bits per heavy atom. The van der Waals surface area contributed by atoms with E-state index in [0.717, 1.165) is 41.6 Å². The Hall–Kier alpha value is -3.00. The second-order valence-electron chi connectivity index (χ2n) is 9.11. The molecule has 0 bridgehead atoms. The van der Waals surface area contributed by atoms with Crippen LogP contribution in [0.5, 0.6) is 0 Å². The number of carbonyl (C=O) groups excluding carboxylic acids is 2. The molecule has 2 aliphatic rings. The van der Waals surface area contributed by atoms with Crippen molar-refractivity contribution in [2.45, 2.75) is 56.6 Å². The molecule has 0 saturated heterocycles. The Kier molecular flexibility index (Phi) is 6.76. The number of thioether (sulfide) groups is 1. The number of fused-ring (bicyclic) bond motifs is 1. The van der Waals surface area contributed by atoms with Gasteiger partial charge in [-0.1, -0.05) is 43.7 Å². The highest BCUT2D eigenvalue weighted by Gasteiger charge is 2.34. The summed E-state index contributed by atoms with van der Waals surface area (Å²) in [6.07, 6.45) is 10.1. The predicted octanol–water partition coefficient (Wildman–Crippen LogP) is 5.26. The smallest absolute Gasteiger partial charge is 0.261 e. The summed E-state index contributed by atoms with van der Waals surface area (Å²) in [6, 6.07) is 11.4. The van der Waals surface area contributed by atoms with Crippen molar-refractivity contribution in [2.75, 3.05) is 12.3 Å². The third-order valence-electron chi connectivity index (χ3n) is 6.87. The normalized spacial score (nSPS) is 20.1. The number of pyridine rings is 1. The number of imide groups is 1. The Morgan fingerprint density at radius 1 is 0.971 bits per heavy atom. The molecular weight excluding hydrogens is 446 g/mol. The summed E-state index contributed by atoms with van der Waals surface area (Å²) in [5.41, 5.74) is 2.02. The van der Waals surface area contributed by atoms with Gasteiger partial charge < -0.3 is 0 Å². The Balaban J connectivity index is 1.23. The van der Waals surface area contributed by atoms with Crippen molar-refractivity contribution < 1.29 is 9.59 Å². The van der Waals surface area contributed by atoms with E-state index in [-0.39, 0.29) is 11.8 Å². The van der Waals surface area contributed by atoms with Gasteiger partial charge in [-0.15, -0.1) is 10.2 Å². The van der Waals surface area contributed by atoms with E-state index in [9.17, 15) is 9.59 Å². The topological polar surface area (TPSA) is 81.0 Å². The largest absolute Gasteiger partial charge is 0.299 e. The van der Waals surface area contributed by atoms with Gasteiger partial charge in [-0.25, -0.2) is 0 Å². The van der Waals surface area contributed by atoms with Crippen molar-refractivity contribution in [3.8, 4) is 11.4 Å². The zero-order valence-electron chi connectivity index (χ0n) is 19.4. The third kappa shape index (κ3) is 4.39. The number of amides is 2. The molecule has 1 aliphatic heterocycles. The molecule has 8 heteroatoms. The molecule has 2 unspecified atom stereocenters. The van der Waals surface area contributed by atoms with E-state index in [1.165, 1.54) is 24.2 Å². The highest BCUT2D eigenvalue weighted by molar-refractivity contribution is 7.99. The minimum atomic E-state index is -0.180. The van der Waals surface area contributed by atoms with E-state index in [4.69, 9.17) is 0 Å². The molecule has 1 aromatic carbocycles. The second kappa shape index (κ2) is 10.1. The summed E-state index contributed by atoms with van der Waals surface area (Å²) in [5, 5.41) is 10.1. The Bertz CT molecular complexity index is 1140. The van der Waals surface area contributed by atoms with Gasteiger partial charge in [0.2, 0.25) is 0 Å². The number of rotatable bonds is 8. The maximum absolute atomic E-state index is 12.6. The minimum Gasteiger partial charge on any atom is -0.299 e. The Labute approximate surface area is 204 Å². The van der Waals surface area contributed by atoms with Crippen LogP contribution in [-0.4, -0.2) is 48.8 Å². The molecule has 0 radical (unpaired) electrons. The highest BCUT2D eigenvalue weighted by Crippen LogP contribution is 2.39. The fourth-order valence-electron chi connectivity index (χ4n) is 5.02. The van der Waals surface area contributed by atoms with Gasteiger partial charge in [0.15, 0.2) is 11.0 Å². The number of aromatic nitrogens is 4. The minimum absolute atomic E-state index is 0.180. The van der Waals surface area contributed by atoms with Crippen molar-refractivity contribution in [1.82, 2.24) is 24.6 Å². The van der Waals surface area contributed by atoms with Gasteiger partial charge in [0.25, 0.3) is 11.8 Å². The highest BCUT2D eigenvalue weighted by atomic mass is 32.2. The molecule has 5 rings (SSSR count). The first-order valence-electron chi connectivity index (χ1n) is 12.1. The van der Waals surface area contributed by atoms with E-state index in [1.807, 2.05) is 18.3 Å². The van der Waals surface area contributed by atoms with E-state index in [2.05, 4.69) is 26.7 Å². The van der Waals surface area contributed by atoms with Gasteiger partial charge in [-0.2, -0.15) is 0 Å². The summed E-state index contributed by atoms with van der Waals surface area (Å²) in [5.74, 6) is 1.96. The summed E-state index contributed by atoms with van der Waals surface area (Å²) in [6.45, 7) is 2.77. The fraction of sp³-hybridized carbons (Fsp3) is 0.423. The van der Waals surface area contributed by atoms with Crippen molar-refractivity contribution in [2.24, 2.45) is 5.92 Å². The summed E-state index contributed by atoms with van der Waals surface area (Å²) >= 11 is 1.71. The molecule has 0 N–H and O–H groups in total. The van der Waals surface area contributed by atoms with E-state index >= 15 is 0 Å². The second-order valence-corrected chi connectivity index (χ2v) is 10.2. The zero-order chi connectivity index (χ0) is 23.5. The molecule has 2 amide bonds. The van der Waals surface area contributed by atoms with Crippen molar-refractivity contribution in [3.05, 3.63) is 59.9 Å². The van der Waals surface area contributed by atoms with Crippen LogP contribution in [0.15, 0.2) is 53.9 Å². The van der Waals surface area contributed by atoms with Gasteiger partial charge in [-0.05, 0) is 55.9 Å². The van der Waals surface area contributed by atoms with E-state index in [0.29, 0.717) is 29.6 Å². The maximum atomic E-state index is 12.6. The average Bonchev–Trinajstić information content (AvgIpc) is 3.39. The first-order chi connectivity index (χ1) is 16.6. The van der Waals surface area contributed by atoms with Gasteiger partial charge in [0.1, 0.15) is 0 Å². The quantitative estimate of drug-likeness (QED) is 0.251. The van der Waals surface area contributed by atoms with Crippen LogP contribution in [0.4, 0.5) is 0 Å². The molecule has 3 aromatic rings. The molecule has 3 heterocycles. The van der Waals surface area contributed by atoms with Crippen molar-refractivity contribution >= 4 is 23.6 Å². The van der Waals surface area contributed by atoms with Crippen LogP contribution in [-0.2, 0) is 0 Å². The van der Waals surface area contributed by atoms with Crippen molar-refractivity contribution in [3.63, 3.8) is 0 Å². The third-order valence-corrected chi connectivity index (χ3v) is 7.90. The molecule has 1 saturated carbocycles. The number of benzene rings is 1. The number of hydrogen-bond donors (Lipinski definition) is 0. The molecule has 1 fully saturated rings. The van der Waals surface area contributed by atoms with E-state index in [1.54, 1.807) is 42.2 Å². The summed E-state index contributed by atoms with van der Waals surface area (Å²) < 4.78 is 2.33. The van der Waals surface area contributed by atoms with Crippen LogP contribution in [0.2, 0.25) is 0 Å². The maximum Gasteiger partial charge on any atom is 0.261 e. The monoisotopic (exact) mass is 475 g/mol. The molecule has 2 atom stereocenters. The molecule has 176 valence electrons. The first-order valence-corrected chi connectivity index (χ1v) is 13.1. The van der Waals surface area contributed by atoms with Gasteiger partial charge >= 0.3 is 0 Å². The lowest BCUT2D eigenvalue weighted by atomic mass is 9.85. The number of hydrogen-bond acceptors (Lipinski definition) is 6. The van der Waals surface area contributed by atoms with Crippen LogP contribution in [0.3, 0.4) is 0 Å². The van der Waals surface area contributed by atoms with Crippen LogP contribution < -0.4 is 0 Å². The molecule has 0 spiro atoms. The van der Waals surface area contributed by atoms with Crippen LogP contribution in [0.25, 0.3) is 11.4 Å². The molecule has 34 heavy (non-hydrogen) atoms. The first kappa shape index (κ1) is 22.8. The van der Waals surface area contributed by atoms with Crippen LogP contribution >= 0.6 is 11.8 Å². The van der Waals surface area contributed by atoms with Crippen LogP contribution in [0, 0.1) is 5.92 Å². The zero-order valence-corrected chi connectivity index (χ0v) is 20.2. The summed E-state index contributed by atoms with van der Waals surface area (Å²) in [4.78, 5) is 30.8.